The standard InChI is InChI=1S/C14H13Cl2NO3S/c15-12-3-1-11(2-4-12)9-10-17(16)21(19,20)14-7-5-13(18)6-8-14/h1-8,18H,9-10H2. The lowest BCUT2D eigenvalue weighted by atomic mass is 10.2. The van der Waals surface area contributed by atoms with Crippen LogP contribution in [0.3, 0.4) is 0 Å². The summed E-state index contributed by atoms with van der Waals surface area (Å²) in [5.74, 6) is -0.00348. The lowest BCUT2D eigenvalue weighted by molar-refractivity contribution is 0.474. The largest absolute Gasteiger partial charge is 0.508 e. The molecule has 0 spiro atoms. The van der Waals surface area contributed by atoms with Gasteiger partial charge in [0.2, 0.25) is 0 Å². The molecule has 0 fully saturated rings. The lowest BCUT2D eigenvalue weighted by Crippen LogP contribution is -2.24. The number of benzene rings is 2. The maximum atomic E-state index is 12.2. The van der Waals surface area contributed by atoms with Crippen molar-refractivity contribution in [1.82, 2.24) is 3.82 Å². The normalized spacial score (nSPS) is 11.8. The van der Waals surface area contributed by atoms with Gasteiger partial charge in [-0.15, -0.1) is 3.82 Å². The highest BCUT2D eigenvalue weighted by atomic mass is 35.5. The molecule has 0 aliphatic carbocycles. The van der Waals surface area contributed by atoms with Gasteiger partial charge in [0, 0.05) is 11.6 Å². The van der Waals surface area contributed by atoms with E-state index in [1.165, 1.54) is 24.3 Å². The van der Waals surface area contributed by atoms with Gasteiger partial charge in [-0.25, -0.2) is 8.42 Å². The molecule has 2 aromatic carbocycles. The monoisotopic (exact) mass is 345 g/mol. The maximum absolute atomic E-state index is 12.2. The second-order valence-electron chi connectivity index (χ2n) is 4.39. The Balaban J connectivity index is 2.06. The van der Waals surface area contributed by atoms with Gasteiger partial charge in [-0.2, -0.15) is 0 Å². The highest BCUT2D eigenvalue weighted by Gasteiger charge is 2.22. The second kappa shape index (κ2) is 6.66. The van der Waals surface area contributed by atoms with Crippen molar-refractivity contribution in [3.63, 3.8) is 0 Å². The fourth-order valence-electron chi connectivity index (χ4n) is 1.72. The van der Waals surface area contributed by atoms with Gasteiger partial charge >= 0.3 is 0 Å². The molecule has 0 aliphatic heterocycles. The summed E-state index contributed by atoms with van der Waals surface area (Å²) < 4.78 is 25.2. The molecule has 0 atom stereocenters. The van der Waals surface area contributed by atoms with Gasteiger partial charge in [-0.05, 0) is 60.2 Å². The molecular weight excluding hydrogens is 333 g/mol. The van der Waals surface area contributed by atoms with Crippen LogP contribution >= 0.6 is 23.4 Å². The van der Waals surface area contributed by atoms with Crippen LogP contribution in [0.1, 0.15) is 5.56 Å². The zero-order valence-electron chi connectivity index (χ0n) is 10.9. The van der Waals surface area contributed by atoms with E-state index >= 15 is 0 Å². The minimum absolute atomic E-state index is 0.00348. The Labute approximate surface area is 133 Å². The highest BCUT2D eigenvalue weighted by Crippen LogP contribution is 2.21. The van der Waals surface area contributed by atoms with Crippen molar-refractivity contribution in [2.24, 2.45) is 0 Å². The quantitative estimate of drug-likeness (QED) is 0.844. The van der Waals surface area contributed by atoms with Crippen molar-refractivity contribution in [3.05, 3.63) is 59.1 Å². The fourth-order valence-corrected chi connectivity index (χ4v) is 3.21. The van der Waals surface area contributed by atoms with Crippen molar-refractivity contribution >= 4 is 33.4 Å². The summed E-state index contributed by atoms with van der Waals surface area (Å²) in [6.45, 7) is 0.131. The van der Waals surface area contributed by atoms with E-state index in [2.05, 4.69) is 0 Å². The molecule has 0 radical (unpaired) electrons. The molecule has 112 valence electrons. The van der Waals surface area contributed by atoms with Crippen LogP contribution in [-0.2, 0) is 16.4 Å². The molecule has 0 unspecified atom stereocenters. The van der Waals surface area contributed by atoms with Gasteiger partial charge in [0.25, 0.3) is 10.0 Å². The first kappa shape index (κ1) is 16.1. The molecule has 0 amide bonds. The zero-order chi connectivity index (χ0) is 15.5. The van der Waals surface area contributed by atoms with Crippen LogP contribution in [0.5, 0.6) is 5.75 Å². The number of phenols is 1. The summed E-state index contributed by atoms with van der Waals surface area (Å²) in [6.07, 6.45) is 0.470. The van der Waals surface area contributed by atoms with Gasteiger partial charge in [0.15, 0.2) is 0 Å². The topological polar surface area (TPSA) is 57.6 Å². The number of rotatable bonds is 5. The third kappa shape index (κ3) is 4.11. The fraction of sp³-hybridized carbons (Fsp3) is 0.143. The Hall–Kier alpha value is -1.27. The van der Waals surface area contributed by atoms with Gasteiger partial charge in [-0.1, -0.05) is 23.7 Å². The Morgan fingerprint density at radius 3 is 2.14 bits per heavy atom. The van der Waals surface area contributed by atoms with Gasteiger partial charge < -0.3 is 5.11 Å². The van der Waals surface area contributed by atoms with Crippen LogP contribution in [-0.4, -0.2) is 23.9 Å². The molecule has 0 saturated heterocycles. The van der Waals surface area contributed by atoms with Gasteiger partial charge in [0.05, 0.1) is 4.90 Å². The van der Waals surface area contributed by atoms with Crippen LogP contribution in [0.2, 0.25) is 5.02 Å². The summed E-state index contributed by atoms with van der Waals surface area (Å²) >= 11 is 11.7. The lowest BCUT2D eigenvalue weighted by Gasteiger charge is -2.14. The van der Waals surface area contributed by atoms with Gasteiger partial charge in [0.1, 0.15) is 5.75 Å². The minimum Gasteiger partial charge on any atom is -0.508 e. The summed E-state index contributed by atoms with van der Waals surface area (Å²) in [4.78, 5) is 0.0337. The first-order chi connectivity index (χ1) is 9.89. The van der Waals surface area contributed by atoms with E-state index in [0.29, 0.717) is 11.4 Å². The molecule has 0 bridgehead atoms. The predicted octanol–water partition coefficient (Wildman–Crippen LogP) is 3.43. The molecule has 2 aromatic rings. The van der Waals surface area contributed by atoms with E-state index in [9.17, 15) is 13.5 Å². The first-order valence-electron chi connectivity index (χ1n) is 6.11. The predicted molar refractivity (Wildman–Crippen MR) is 83.0 cm³/mol. The first-order valence-corrected chi connectivity index (χ1v) is 8.27. The zero-order valence-corrected chi connectivity index (χ0v) is 13.2. The molecule has 7 heteroatoms. The molecule has 0 heterocycles. The summed E-state index contributed by atoms with van der Waals surface area (Å²) in [5.41, 5.74) is 0.936. The average molecular weight is 346 g/mol. The van der Waals surface area contributed by atoms with Crippen LogP contribution in [0.15, 0.2) is 53.4 Å². The Bertz CT molecular complexity index is 700. The maximum Gasteiger partial charge on any atom is 0.256 e. The second-order valence-corrected chi connectivity index (χ2v) is 7.29. The van der Waals surface area contributed by atoms with Crippen LogP contribution in [0, 0.1) is 0 Å². The number of sulfonamides is 1. The number of aromatic hydroxyl groups is 1. The number of phenolic OH excluding ortho intramolecular Hbond substituents is 1. The molecule has 2 rings (SSSR count). The molecule has 4 nitrogen and oxygen atoms in total. The van der Waals surface area contributed by atoms with Crippen molar-refractivity contribution in [3.8, 4) is 5.75 Å². The minimum atomic E-state index is -3.77. The van der Waals surface area contributed by atoms with E-state index in [1.807, 2.05) is 12.1 Å². The van der Waals surface area contributed by atoms with Crippen molar-refractivity contribution in [2.75, 3.05) is 6.54 Å². The Morgan fingerprint density at radius 1 is 1.00 bits per heavy atom. The van der Waals surface area contributed by atoms with Gasteiger partial charge in [-0.3, -0.25) is 0 Å². The van der Waals surface area contributed by atoms with Crippen molar-refractivity contribution in [2.45, 2.75) is 11.3 Å². The van der Waals surface area contributed by atoms with Crippen molar-refractivity contribution in [1.29, 1.82) is 0 Å². The third-order valence-corrected chi connectivity index (χ3v) is 5.42. The van der Waals surface area contributed by atoms with Crippen molar-refractivity contribution < 1.29 is 13.5 Å². The van der Waals surface area contributed by atoms with E-state index in [4.69, 9.17) is 23.4 Å². The van der Waals surface area contributed by atoms with Crippen LogP contribution in [0.25, 0.3) is 0 Å². The molecule has 21 heavy (non-hydrogen) atoms. The SMILES string of the molecule is O=S(=O)(c1ccc(O)cc1)N(Cl)CCc1ccc(Cl)cc1. The smallest absolute Gasteiger partial charge is 0.256 e. The number of nitrogens with zero attached hydrogens (tertiary/aromatic N) is 1. The number of halogens is 2. The van der Waals surface area contributed by atoms with E-state index in [0.717, 1.165) is 9.39 Å². The molecule has 0 aromatic heterocycles. The van der Waals surface area contributed by atoms with Crippen LogP contribution < -0.4 is 0 Å². The number of hydrogen-bond donors (Lipinski definition) is 1. The summed E-state index contributed by atoms with van der Waals surface area (Å²) in [6, 6.07) is 12.3. The summed E-state index contributed by atoms with van der Waals surface area (Å²) in [5, 5.41) is 9.81. The summed E-state index contributed by atoms with van der Waals surface area (Å²) in [7, 11) is -3.77. The molecular formula is C14H13Cl2NO3S. The number of hydrogen-bond acceptors (Lipinski definition) is 3. The average Bonchev–Trinajstić information content (AvgIpc) is 2.46. The molecule has 0 aliphatic rings. The molecule has 0 saturated carbocycles. The third-order valence-electron chi connectivity index (χ3n) is 2.88. The Morgan fingerprint density at radius 2 is 1.57 bits per heavy atom. The highest BCUT2D eigenvalue weighted by molar-refractivity contribution is 7.90. The van der Waals surface area contributed by atoms with E-state index < -0.39 is 10.0 Å². The molecule has 1 N–H and O–H groups in total. The Kier molecular flexibility index (Phi) is 5.11. The van der Waals surface area contributed by atoms with E-state index in [-0.39, 0.29) is 17.2 Å². The van der Waals surface area contributed by atoms with Crippen LogP contribution in [0.4, 0.5) is 0 Å². The van der Waals surface area contributed by atoms with E-state index in [1.54, 1.807) is 12.1 Å².